The summed E-state index contributed by atoms with van der Waals surface area (Å²) in [5, 5.41) is 22.6. The zero-order valence-electron chi connectivity index (χ0n) is 29.3. The molecule has 1 fully saturated rings. The van der Waals surface area contributed by atoms with Crippen LogP contribution in [-0.2, 0) is 36.9 Å². The summed E-state index contributed by atoms with van der Waals surface area (Å²) in [5.74, 6) is -2.90. The number of carboxylic acids is 1. The van der Waals surface area contributed by atoms with Gasteiger partial charge in [-0.1, -0.05) is 56.7 Å². The highest BCUT2D eigenvalue weighted by molar-refractivity contribution is 7.09. The van der Waals surface area contributed by atoms with Gasteiger partial charge in [0, 0.05) is 36.3 Å². The SMILES string of the molecule is CCC(C)[C@@H](C(=O)NCC[C@H](NC(=O)[C@@H]1CCC(=O)N1Cc1cccs1)C(=O)O)N(C)C(=O)Cc1ccc(NC(=O)Nc2ccccc2C)cc1. The van der Waals surface area contributed by atoms with Gasteiger partial charge < -0.3 is 36.2 Å². The Balaban J connectivity index is 1.29. The molecule has 1 saturated heterocycles. The van der Waals surface area contributed by atoms with Crippen LogP contribution in [-0.4, -0.2) is 82.3 Å². The Morgan fingerprint density at radius 3 is 2.39 bits per heavy atom. The number of nitrogens with zero attached hydrogens (tertiary/aromatic N) is 2. The number of aliphatic carboxylic acids is 1. The quantitative estimate of drug-likeness (QED) is 0.146. The lowest BCUT2D eigenvalue weighted by Crippen LogP contribution is -2.53. The lowest BCUT2D eigenvalue weighted by Gasteiger charge is -2.32. The van der Waals surface area contributed by atoms with Crippen LogP contribution < -0.4 is 21.3 Å². The van der Waals surface area contributed by atoms with Crippen LogP contribution in [0.4, 0.5) is 16.2 Å². The van der Waals surface area contributed by atoms with E-state index < -0.39 is 41.9 Å². The van der Waals surface area contributed by atoms with Crippen molar-refractivity contribution in [3.05, 3.63) is 82.0 Å². The Bertz CT molecular complexity index is 1700. The fourth-order valence-corrected chi connectivity index (χ4v) is 6.64. The molecule has 0 bridgehead atoms. The summed E-state index contributed by atoms with van der Waals surface area (Å²) in [6, 6.07) is 14.7. The summed E-state index contributed by atoms with van der Waals surface area (Å²) in [6.07, 6.45) is 1.04. The second-order valence-corrected chi connectivity index (χ2v) is 13.8. The van der Waals surface area contributed by atoms with Crippen LogP contribution in [0.25, 0.3) is 0 Å². The summed E-state index contributed by atoms with van der Waals surface area (Å²) in [6.45, 7) is 5.90. The van der Waals surface area contributed by atoms with E-state index in [0.717, 1.165) is 10.4 Å². The van der Waals surface area contributed by atoms with Gasteiger partial charge in [0.25, 0.3) is 0 Å². The van der Waals surface area contributed by atoms with E-state index in [0.29, 0.717) is 29.8 Å². The largest absolute Gasteiger partial charge is 0.480 e. The van der Waals surface area contributed by atoms with E-state index in [9.17, 15) is 33.9 Å². The molecule has 0 spiro atoms. The molecule has 3 aromatic rings. The first-order valence-electron chi connectivity index (χ1n) is 17.0. The van der Waals surface area contributed by atoms with E-state index in [4.69, 9.17) is 0 Å². The van der Waals surface area contributed by atoms with Crippen molar-refractivity contribution in [1.29, 1.82) is 0 Å². The Labute approximate surface area is 301 Å². The summed E-state index contributed by atoms with van der Waals surface area (Å²) in [4.78, 5) is 80.7. The zero-order valence-corrected chi connectivity index (χ0v) is 30.1. The highest BCUT2D eigenvalue weighted by atomic mass is 32.1. The number of carbonyl (C=O) groups is 6. The van der Waals surface area contributed by atoms with Crippen molar-refractivity contribution >= 4 is 58.3 Å². The van der Waals surface area contributed by atoms with Crippen molar-refractivity contribution in [3.63, 3.8) is 0 Å². The van der Waals surface area contributed by atoms with E-state index >= 15 is 0 Å². The number of aryl methyl sites for hydroxylation is 1. The van der Waals surface area contributed by atoms with Gasteiger partial charge in [-0.2, -0.15) is 0 Å². The minimum atomic E-state index is -1.29. The second-order valence-electron chi connectivity index (χ2n) is 12.7. The first-order valence-corrected chi connectivity index (χ1v) is 17.9. The lowest BCUT2D eigenvalue weighted by atomic mass is 9.96. The number of amides is 6. The Kier molecular flexibility index (Phi) is 13.7. The molecule has 2 heterocycles. The third-order valence-electron chi connectivity index (χ3n) is 9.11. The normalized spacial score (nSPS) is 15.7. The minimum Gasteiger partial charge on any atom is -0.480 e. The molecule has 51 heavy (non-hydrogen) atoms. The van der Waals surface area contributed by atoms with Crippen LogP contribution in [0.3, 0.4) is 0 Å². The molecule has 1 aliphatic heterocycles. The summed E-state index contributed by atoms with van der Waals surface area (Å²) in [7, 11) is 1.57. The minimum absolute atomic E-state index is 0.0205. The standard InChI is InChI=1S/C37H46N6O7S/c1-5-23(2)33(42(4)32(45)21-25-12-14-26(15-13-25)39-37(50)41-28-11-7-6-9-24(28)3)35(47)38-19-18-29(36(48)49)40-34(46)30-16-17-31(44)43(30)22-27-10-8-20-51-27/h6-15,20,23,29-30,33H,5,16-19,21-22H2,1-4H3,(H,38,47)(H,40,46)(H,48,49)(H2,39,41,50)/t23?,29-,30-,33-/m0/s1. The zero-order chi connectivity index (χ0) is 37.1. The smallest absolute Gasteiger partial charge is 0.326 e. The van der Waals surface area contributed by atoms with Crippen molar-refractivity contribution in [2.75, 3.05) is 24.2 Å². The summed E-state index contributed by atoms with van der Waals surface area (Å²) < 4.78 is 0. The first-order chi connectivity index (χ1) is 24.4. The Morgan fingerprint density at radius 1 is 1.02 bits per heavy atom. The predicted octanol–water partition coefficient (Wildman–Crippen LogP) is 4.38. The molecule has 1 aromatic heterocycles. The van der Waals surface area contributed by atoms with Gasteiger partial charge in [0.05, 0.1) is 13.0 Å². The van der Waals surface area contributed by atoms with Gasteiger partial charge in [-0.15, -0.1) is 11.3 Å². The molecule has 5 N–H and O–H groups in total. The van der Waals surface area contributed by atoms with Crippen LogP contribution in [0.1, 0.15) is 55.5 Å². The average molecular weight is 719 g/mol. The molecule has 13 nitrogen and oxygen atoms in total. The second kappa shape index (κ2) is 18.1. The number of urea groups is 1. The molecule has 0 saturated carbocycles. The van der Waals surface area contributed by atoms with Crippen molar-refractivity contribution in [3.8, 4) is 0 Å². The molecular formula is C37H46N6O7S. The molecule has 4 atom stereocenters. The van der Waals surface area contributed by atoms with Gasteiger partial charge in [0.1, 0.15) is 18.1 Å². The van der Waals surface area contributed by atoms with Crippen molar-refractivity contribution in [1.82, 2.24) is 20.4 Å². The molecule has 0 radical (unpaired) electrons. The Morgan fingerprint density at radius 2 is 1.75 bits per heavy atom. The lowest BCUT2D eigenvalue weighted by molar-refractivity contribution is -0.143. The molecule has 6 amide bonds. The monoisotopic (exact) mass is 718 g/mol. The van der Waals surface area contributed by atoms with Gasteiger partial charge in [-0.3, -0.25) is 19.2 Å². The fourth-order valence-electron chi connectivity index (χ4n) is 5.94. The number of para-hydroxylation sites is 1. The number of rotatable bonds is 16. The highest BCUT2D eigenvalue weighted by Gasteiger charge is 2.38. The molecule has 272 valence electrons. The number of likely N-dealkylation sites (N-methyl/N-ethyl adjacent to an activating group) is 1. The van der Waals surface area contributed by atoms with Crippen LogP contribution in [0, 0.1) is 12.8 Å². The molecule has 2 aromatic carbocycles. The maximum Gasteiger partial charge on any atom is 0.326 e. The van der Waals surface area contributed by atoms with Crippen molar-refractivity contribution < 1.29 is 33.9 Å². The van der Waals surface area contributed by atoms with Gasteiger partial charge in [-0.25, -0.2) is 9.59 Å². The average Bonchev–Trinajstić information content (AvgIpc) is 3.75. The van der Waals surface area contributed by atoms with Gasteiger partial charge >= 0.3 is 12.0 Å². The van der Waals surface area contributed by atoms with Gasteiger partial charge in [0.15, 0.2) is 0 Å². The third-order valence-corrected chi connectivity index (χ3v) is 9.97. The number of anilines is 2. The third kappa shape index (κ3) is 10.6. The molecule has 14 heteroatoms. The van der Waals surface area contributed by atoms with Crippen LogP contribution in [0.15, 0.2) is 66.0 Å². The predicted molar refractivity (Wildman–Crippen MR) is 195 cm³/mol. The molecule has 4 rings (SSSR count). The van der Waals surface area contributed by atoms with Crippen molar-refractivity contribution in [2.45, 2.75) is 77.5 Å². The van der Waals surface area contributed by atoms with Crippen molar-refractivity contribution in [2.24, 2.45) is 5.92 Å². The maximum absolute atomic E-state index is 13.4. The van der Waals surface area contributed by atoms with E-state index in [1.54, 1.807) is 31.3 Å². The summed E-state index contributed by atoms with van der Waals surface area (Å²) in [5.41, 5.74) is 2.87. The van der Waals surface area contributed by atoms with E-state index in [2.05, 4.69) is 21.3 Å². The fraction of sp³-hybridized carbons (Fsp3) is 0.405. The van der Waals surface area contributed by atoms with E-state index in [1.807, 2.05) is 62.5 Å². The number of carboxylic acid groups (broad SMARTS) is 1. The topological polar surface area (TPSA) is 177 Å². The first kappa shape index (κ1) is 38.6. The van der Waals surface area contributed by atoms with Crippen LogP contribution >= 0.6 is 11.3 Å². The number of hydrogen-bond acceptors (Lipinski definition) is 7. The van der Waals surface area contributed by atoms with Crippen LogP contribution in [0.2, 0.25) is 0 Å². The summed E-state index contributed by atoms with van der Waals surface area (Å²) >= 11 is 1.47. The highest BCUT2D eigenvalue weighted by Crippen LogP contribution is 2.24. The van der Waals surface area contributed by atoms with Gasteiger partial charge in [-0.05, 0) is 66.5 Å². The number of likely N-dealkylation sites (tertiary alicyclic amines) is 1. The number of carbonyl (C=O) groups excluding carboxylic acids is 5. The molecule has 1 unspecified atom stereocenters. The number of hydrogen-bond donors (Lipinski definition) is 5. The van der Waals surface area contributed by atoms with E-state index in [-0.39, 0.29) is 50.1 Å². The number of benzene rings is 2. The van der Waals surface area contributed by atoms with Gasteiger partial charge in [0.2, 0.25) is 23.6 Å². The molecule has 1 aliphatic rings. The van der Waals surface area contributed by atoms with Crippen LogP contribution in [0.5, 0.6) is 0 Å². The number of thiophene rings is 1. The molecular weight excluding hydrogens is 673 g/mol. The number of nitrogens with one attached hydrogen (secondary N) is 4. The maximum atomic E-state index is 13.4. The molecule has 0 aliphatic carbocycles. The Hall–Kier alpha value is -5.24. The van der Waals surface area contributed by atoms with E-state index in [1.165, 1.54) is 21.1 Å².